The molecule has 0 aromatic heterocycles. The normalized spacial score (nSPS) is 15.2. The molecule has 0 fully saturated rings. The molecule has 1 aliphatic rings. The number of hydrogen-bond acceptors (Lipinski definition) is 0. The van der Waals surface area contributed by atoms with Gasteiger partial charge in [0.05, 0.1) is 6.42 Å². The van der Waals surface area contributed by atoms with E-state index in [1.54, 1.807) is 6.08 Å². The first-order valence-corrected chi connectivity index (χ1v) is 4.39. The van der Waals surface area contributed by atoms with Gasteiger partial charge in [-0.25, -0.2) is 0 Å². The number of rotatable bonds is 1. The molecule has 0 radical (unpaired) electrons. The average molecular weight is 198 g/mol. The SMILES string of the molecule is FC(F)(F)CC1=Cc2ccccc2C1. The van der Waals surface area contributed by atoms with Crippen LogP contribution >= 0.6 is 0 Å². The first kappa shape index (κ1) is 9.31. The summed E-state index contributed by atoms with van der Waals surface area (Å²) in [6, 6.07) is 7.41. The van der Waals surface area contributed by atoms with E-state index in [1.807, 2.05) is 24.3 Å². The number of halogens is 3. The maximum Gasteiger partial charge on any atom is 0.392 e. The van der Waals surface area contributed by atoms with Crippen molar-refractivity contribution in [3.05, 3.63) is 41.0 Å². The summed E-state index contributed by atoms with van der Waals surface area (Å²) in [5.41, 5.74) is 2.37. The highest BCUT2D eigenvalue weighted by Gasteiger charge is 2.30. The Kier molecular flexibility index (Phi) is 2.10. The molecule has 0 spiro atoms. The van der Waals surface area contributed by atoms with Gasteiger partial charge in [-0.1, -0.05) is 35.9 Å². The second-order valence-electron chi connectivity index (χ2n) is 3.47. The molecule has 1 aliphatic carbocycles. The lowest BCUT2D eigenvalue weighted by Crippen LogP contribution is -2.08. The number of benzene rings is 1. The molecule has 0 atom stereocenters. The topological polar surface area (TPSA) is 0 Å². The lowest BCUT2D eigenvalue weighted by molar-refractivity contribution is -0.127. The van der Waals surface area contributed by atoms with E-state index in [2.05, 4.69) is 0 Å². The lowest BCUT2D eigenvalue weighted by Gasteiger charge is -2.05. The van der Waals surface area contributed by atoms with Gasteiger partial charge in [0.2, 0.25) is 0 Å². The molecule has 0 nitrogen and oxygen atoms in total. The Bertz CT molecular complexity index is 374. The first-order chi connectivity index (χ1) is 6.54. The average Bonchev–Trinajstić information content (AvgIpc) is 2.42. The Morgan fingerprint density at radius 2 is 1.86 bits per heavy atom. The summed E-state index contributed by atoms with van der Waals surface area (Å²) >= 11 is 0. The van der Waals surface area contributed by atoms with Crippen molar-refractivity contribution in [3.8, 4) is 0 Å². The number of allylic oxidation sites excluding steroid dienone is 1. The summed E-state index contributed by atoms with van der Waals surface area (Å²) < 4.78 is 36.3. The summed E-state index contributed by atoms with van der Waals surface area (Å²) in [6.45, 7) is 0. The summed E-state index contributed by atoms with van der Waals surface area (Å²) in [6.07, 6.45) is -2.80. The van der Waals surface area contributed by atoms with E-state index < -0.39 is 12.6 Å². The van der Waals surface area contributed by atoms with Gasteiger partial charge in [0.15, 0.2) is 0 Å². The predicted octanol–water partition coefficient (Wildman–Crippen LogP) is 3.58. The number of alkyl halides is 3. The van der Waals surface area contributed by atoms with Crippen LogP contribution in [0.25, 0.3) is 6.08 Å². The molecule has 2 rings (SSSR count). The van der Waals surface area contributed by atoms with Crippen LogP contribution in [0.1, 0.15) is 17.5 Å². The van der Waals surface area contributed by atoms with Crippen LogP contribution < -0.4 is 0 Å². The maximum atomic E-state index is 12.1. The van der Waals surface area contributed by atoms with Gasteiger partial charge in [-0.15, -0.1) is 0 Å². The summed E-state index contributed by atoms with van der Waals surface area (Å²) in [4.78, 5) is 0. The van der Waals surface area contributed by atoms with Crippen LogP contribution in [0.2, 0.25) is 0 Å². The van der Waals surface area contributed by atoms with Crippen molar-refractivity contribution in [3.63, 3.8) is 0 Å². The Morgan fingerprint density at radius 3 is 2.50 bits per heavy atom. The van der Waals surface area contributed by atoms with E-state index in [-0.39, 0.29) is 0 Å². The molecule has 1 aromatic rings. The zero-order valence-electron chi connectivity index (χ0n) is 7.43. The highest BCUT2D eigenvalue weighted by atomic mass is 19.4. The third-order valence-corrected chi connectivity index (χ3v) is 2.26. The molecule has 0 saturated carbocycles. The van der Waals surface area contributed by atoms with E-state index in [9.17, 15) is 13.2 Å². The van der Waals surface area contributed by atoms with Crippen molar-refractivity contribution in [1.29, 1.82) is 0 Å². The third kappa shape index (κ3) is 1.97. The zero-order chi connectivity index (χ0) is 10.2. The Hall–Kier alpha value is -1.25. The standard InChI is InChI=1S/C11H9F3/c12-11(13,14)7-8-5-9-3-1-2-4-10(9)6-8/h1-5H,6-7H2. The lowest BCUT2D eigenvalue weighted by atomic mass is 10.1. The third-order valence-electron chi connectivity index (χ3n) is 2.26. The minimum absolute atomic E-state index is 0.440. The van der Waals surface area contributed by atoms with Crippen molar-refractivity contribution >= 4 is 6.08 Å². The minimum atomic E-state index is -4.09. The quantitative estimate of drug-likeness (QED) is 0.647. The Labute approximate surface area is 80.1 Å². The fourth-order valence-corrected chi connectivity index (χ4v) is 1.72. The van der Waals surface area contributed by atoms with Gasteiger partial charge in [0.25, 0.3) is 0 Å². The molecule has 0 amide bonds. The molecule has 0 N–H and O–H groups in total. The van der Waals surface area contributed by atoms with Gasteiger partial charge in [-0.2, -0.15) is 13.2 Å². The van der Waals surface area contributed by atoms with Crippen molar-refractivity contribution in [2.45, 2.75) is 19.0 Å². The second-order valence-corrected chi connectivity index (χ2v) is 3.47. The summed E-state index contributed by atoms with van der Waals surface area (Å²) in [7, 11) is 0. The van der Waals surface area contributed by atoms with Crippen LogP contribution in [0, 0.1) is 0 Å². The molecule has 3 heteroatoms. The van der Waals surface area contributed by atoms with Crippen LogP contribution in [0.4, 0.5) is 13.2 Å². The smallest absolute Gasteiger partial charge is 0.171 e. The van der Waals surface area contributed by atoms with E-state index >= 15 is 0 Å². The number of hydrogen-bond donors (Lipinski definition) is 0. The van der Waals surface area contributed by atoms with E-state index in [0.29, 0.717) is 12.0 Å². The molecule has 0 heterocycles. The van der Waals surface area contributed by atoms with Crippen LogP contribution in [-0.4, -0.2) is 6.18 Å². The summed E-state index contributed by atoms with van der Waals surface area (Å²) in [5.74, 6) is 0. The highest BCUT2D eigenvalue weighted by Crippen LogP contribution is 2.32. The zero-order valence-corrected chi connectivity index (χ0v) is 7.43. The van der Waals surface area contributed by atoms with Crippen molar-refractivity contribution in [1.82, 2.24) is 0 Å². The van der Waals surface area contributed by atoms with Crippen molar-refractivity contribution < 1.29 is 13.2 Å². The molecule has 1 aromatic carbocycles. The second kappa shape index (κ2) is 3.15. The summed E-state index contributed by atoms with van der Waals surface area (Å²) in [5, 5.41) is 0. The molecule has 0 unspecified atom stereocenters. The number of fused-ring (bicyclic) bond motifs is 1. The van der Waals surface area contributed by atoms with Crippen LogP contribution in [0.15, 0.2) is 29.8 Å². The van der Waals surface area contributed by atoms with Gasteiger partial charge in [-0.05, 0) is 17.5 Å². The van der Waals surface area contributed by atoms with Gasteiger partial charge >= 0.3 is 6.18 Å². The Balaban J connectivity index is 2.16. The Morgan fingerprint density at radius 1 is 1.14 bits per heavy atom. The van der Waals surface area contributed by atoms with Gasteiger partial charge in [0, 0.05) is 0 Å². The predicted molar refractivity (Wildman–Crippen MR) is 48.8 cm³/mol. The van der Waals surface area contributed by atoms with Gasteiger partial charge in [0.1, 0.15) is 0 Å². The fourth-order valence-electron chi connectivity index (χ4n) is 1.72. The van der Waals surface area contributed by atoms with Gasteiger partial charge < -0.3 is 0 Å². The highest BCUT2D eigenvalue weighted by molar-refractivity contribution is 5.63. The fraction of sp³-hybridized carbons (Fsp3) is 0.273. The molecule has 0 saturated heterocycles. The first-order valence-electron chi connectivity index (χ1n) is 4.39. The molecular weight excluding hydrogens is 189 g/mol. The maximum absolute atomic E-state index is 12.1. The van der Waals surface area contributed by atoms with Crippen molar-refractivity contribution in [2.24, 2.45) is 0 Å². The van der Waals surface area contributed by atoms with Gasteiger partial charge in [-0.3, -0.25) is 0 Å². The van der Waals surface area contributed by atoms with Crippen LogP contribution in [0.3, 0.4) is 0 Å². The van der Waals surface area contributed by atoms with E-state index in [1.165, 1.54) is 0 Å². The largest absolute Gasteiger partial charge is 0.392 e. The molecule has 14 heavy (non-hydrogen) atoms. The van der Waals surface area contributed by atoms with E-state index in [4.69, 9.17) is 0 Å². The van der Waals surface area contributed by atoms with Crippen LogP contribution in [0.5, 0.6) is 0 Å². The van der Waals surface area contributed by atoms with Crippen LogP contribution in [-0.2, 0) is 6.42 Å². The monoisotopic (exact) mass is 198 g/mol. The molecule has 0 aliphatic heterocycles. The minimum Gasteiger partial charge on any atom is -0.171 e. The van der Waals surface area contributed by atoms with E-state index in [0.717, 1.165) is 11.1 Å². The van der Waals surface area contributed by atoms with Crippen molar-refractivity contribution in [2.75, 3.05) is 0 Å². The molecular formula is C11H9F3. The molecule has 0 bridgehead atoms. The molecule has 74 valence electrons.